The molecule has 0 aliphatic rings. The van der Waals surface area contributed by atoms with Crippen LogP contribution in [0.15, 0.2) is 28.8 Å². The zero-order valence-corrected chi connectivity index (χ0v) is 12.1. The van der Waals surface area contributed by atoms with Crippen LogP contribution in [0.25, 0.3) is 0 Å². The van der Waals surface area contributed by atoms with Crippen LogP contribution in [0.4, 0.5) is 11.5 Å². The van der Waals surface area contributed by atoms with Gasteiger partial charge in [0.1, 0.15) is 29.1 Å². The quantitative estimate of drug-likeness (QED) is 0.648. The summed E-state index contributed by atoms with van der Waals surface area (Å²) in [7, 11) is 0. The maximum absolute atomic E-state index is 10.5. The molecular weight excluding hydrogens is 274 g/mol. The molecule has 0 fully saturated rings. The molecule has 0 spiro atoms. The molecule has 2 aromatic heterocycles. The van der Waals surface area contributed by atoms with Gasteiger partial charge in [-0.2, -0.15) is 0 Å². The van der Waals surface area contributed by atoms with Crippen LogP contribution in [0.5, 0.6) is 0 Å². The van der Waals surface area contributed by atoms with Gasteiger partial charge in [0.05, 0.1) is 4.92 Å². The minimum absolute atomic E-state index is 0.0754. The summed E-state index contributed by atoms with van der Waals surface area (Å²) < 4.78 is 5.42. The minimum atomic E-state index is -1.13. The molecule has 0 saturated heterocycles. The van der Waals surface area contributed by atoms with Crippen molar-refractivity contribution in [1.29, 1.82) is 0 Å². The lowest BCUT2D eigenvalue weighted by atomic mass is 9.96. The molecule has 112 valence electrons. The highest BCUT2D eigenvalue weighted by Crippen LogP contribution is 2.27. The molecule has 7 heteroatoms. The van der Waals surface area contributed by atoms with E-state index in [2.05, 4.69) is 10.3 Å². The van der Waals surface area contributed by atoms with Gasteiger partial charge in [0.2, 0.25) is 0 Å². The minimum Gasteiger partial charge on any atom is -0.466 e. The van der Waals surface area contributed by atoms with Gasteiger partial charge >= 0.3 is 0 Å². The molecule has 21 heavy (non-hydrogen) atoms. The highest BCUT2D eigenvalue weighted by Gasteiger charge is 2.27. The summed E-state index contributed by atoms with van der Waals surface area (Å²) in [6, 6.07) is 4.65. The molecule has 1 atom stereocenters. The van der Waals surface area contributed by atoms with Gasteiger partial charge in [-0.25, -0.2) is 4.98 Å². The van der Waals surface area contributed by atoms with Crippen molar-refractivity contribution in [3.63, 3.8) is 0 Å². The molecule has 0 amide bonds. The van der Waals surface area contributed by atoms with Crippen LogP contribution in [0, 0.1) is 24.0 Å². The number of nitrogens with zero attached hydrogens (tertiary/aromatic N) is 2. The monoisotopic (exact) mass is 291 g/mol. The fourth-order valence-electron chi connectivity index (χ4n) is 2.12. The van der Waals surface area contributed by atoms with E-state index >= 15 is 0 Å². The van der Waals surface area contributed by atoms with E-state index < -0.39 is 10.5 Å². The number of anilines is 1. The van der Waals surface area contributed by atoms with E-state index in [1.165, 1.54) is 18.3 Å². The van der Waals surface area contributed by atoms with Gasteiger partial charge in [0.15, 0.2) is 0 Å². The molecule has 0 aliphatic carbocycles. The van der Waals surface area contributed by atoms with Gasteiger partial charge in [-0.3, -0.25) is 10.1 Å². The van der Waals surface area contributed by atoms with Crippen molar-refractivity contribution in [3.05, 3.63) is 51.6 Å². The molecule has 0 radical (unpaired) electrons. The summed E-state index contributed by atoms with van der Waals surface area (Å²) in [5.74, 6) is 1.85. The summed E-state index contributed by atoms with van der Waals surface area (Å²) in [4.78, 5) is 14.0. The van der Waals surface area contributed by atoms with Gasteiger partial charge in [-0.1, -0.05) is 0 Å². The fourth-order valence-corrected chi connectivity index (χ4v) is 2.12. The van der Waals surface area contributed by atoms with Crippen LogP contribution in [0.1, 0.15) is 24.0 Å². The Hall–Kier alpha value is -2.41. The van der Waals surface area contributed by atoms with Crippen molar-refractivity contribution in [2.45, 2.75) is 26.4 Å². The number of nitrogens with one attached hydrogen (secondary N) is 1. The van der Waals surface area contributed by atoms with E-state index in [4.69, 9.17) is 4.42 Å². The van der Waals surface area contributed by atoms with E-state index in [0.717, 1.165) is 5.76 Å². The van der Waals surface area contributed by atoms with Crippen molar-refractivity contribution < 1.29 is 14.4 Å². The Morgan fingerprint density at radius 1 is 1.48 bits per heavy atom. The molecule has 0 aromatic carbocycles. The zero-order chi connectivity index (χ0) is 15.6. The van der Waals surface area contributed by atoms with Gasteiger partial charge in [0, 0.05) is 18.2 Å². The van der Waals surface area contributed by atoms with Crippen molar-refractivity contribution in [3.8, 4) is 0 Å². The highest BCUT2D eigenvalue weighted by molar-refractivity contribution is 5.41. The lowest BCUT2D eigenvalue weighted by molar-refractivity contribution is -0.385. The Kier molecular flexibility index (Phi) is 3.95. The van der Waals surface area contributed by atoms with E-state index in [0.29, 0.717) is 17.1 Å². The molecule has 0 saturated carbocycles. The summed E-state index contributed by atoms with van der Waals surface area (Å²) in [5, 5.41) is 24.0. The first-order valence-electron chi connectivity index (χ1n) is 6.44. The highest BCUT2D eigenvalue weighted by atomic mass is 16.6. The van der Waals surface area contributed by atoms with Crippen LogP contribution in [-0.4, -0.2) is 21.6 Å². The van der Waals surface area contributed by atoms with Gasteiger partial charge < -0.3 is 14.8 Å². The van der Waals surface area contributed by atoms with E-state index in [9.17, 15) is 15.2 Å². The first-order chi connectivity index (χ1) is 9.79. The third-order valence-electron chi connectivity index (χ3n) is 3.19. The fraction of sp³-hybridized carbons (Fsp3) is 0.357. The smallest absolute Gasteiger partial charge is 0.287 e. The number of aryl methyl sites for hydroxylation is 2. The number of hydrogen-bond acceptors (Lipinski definition) is 6. The summed E-state index contributed by atoms with van der Waals surface area (Å²) in [6.07, 6.45) is 1.17. The number of nitro groups is 1. The maximum atomic E-state index is 10.5. The van der Waals surface area contributed by atoms with Crippen molar-refractivity contribution in [1.82, 2.24) is 4.98 Å². The largest absolute Gasteiger partial charge is 0.466 e. The predicted octanol–water partition coefficient (Wildman–Crippen LogP) is 2.52. The summed E-state index contributed by atoms with van der Waals surface area (Å²) in [6.45, 7) is 5.49. The predicted molar refractivity (Wildman–Crippen MR) is 77.1 cm³/mol. The standard InChI is InChI=1S/C14H17N3O4/c1-9-6-12(10(2)21-9)14(3,18)8-16-13-5-4-11(7-15-13)17(19)20/h4-7,18H,8H2,1-3H3,(H,15,16)/t14-/m1/s1. The molecule has 2 aromatic rings. The van der Waals surface area contributed by atoms with Crippen LogP contribution in [0.3, 0.4) is 0 Å². The van der Waals surface area contributed by atoms with Crippen LogP contribution in [0.2, 0.25) is 0 Å². The van der Waals surface area contributed by atoms with E-state index in [-0.39, 0.29) is 12.2 Å². The third kappa shape index (κ3) is 3.38. The topological polar surface area (TPSA) is 101 Å². The second kappa shape index (κ2) is 5.53. The van der Waals surface area contributed by atoms with Gasteiger partial charge in [-0.15, -0.1) is 0 Å². The van der Waals surface area contributed by atoms with Crippen LogP contribution >= 0.6 is 0 Å². The molecule has 2 N–H and O–H groups in total. The first-order valence-corrected chi connectivity index (χ1v) is 6.44. The van der Waals surface area contributed by atoms with Crippen molar-refractivity contribution in [2.24, 2.45) is 0 Å². The summed E-state index contributed by atoms with van der Waals surface area (Å²) in [5.41, 5.74) is -0.506. The van der Waals surface area contributed by atoms with Crippen molar-refractivity contribution >= 4 is 11.5 Å². The Morgan fingerprint density at radius 2 is 2.19 bits per heavy atom. The number of hydrogen-bond donors (Lipinski definition) is 2. The SMILES string of the molecule is Cc1cc([C@](C)(O)CNc2ccc([N+](=O)[O-])cn2)c(C)o1. The average Bonchev–Trinajstić information content (AvgIpc) is 2.77. The molecular formula is C14H17N3O4. The molecule has 0 aliphatic heterocycles. The number of rotatable bonds is 5. The van der Waals surface area contributed by atoms with Gasteiger partial charge in [0.25, 0.3) is 5.69 Å². The first kappa shape index (κ1) is 15.0. The van der Waals surface area contributed by atoms with Crippen molar-refractivity contribution in [2.75, 3.05) is 11.9 Å². The Morgan fingerprint density at radius 3 is 2.67 bits per heavy atom. The zero-order valence-electron chi connectivity index (χ0n) is 12.1. The van der Waals surface area contributed by atoms with E-state index in [1.807, 2.05) is 6.92 Å². The number of aromatic nitrogens is 1. The average molecular weight is 291 g/mol. The maximum Gasteiger partial charge on any atom is 0.287 e. The number of aliphatic hydroxyl groups is 1. The molecule has 2 rings (SSSR count). The van der Waals surface area contributed by atoms with E-state index in [1.54, 1.807) is 19.9 Å². The normalized spacial score (nSPS) is 13.7. The Balaban J connectivity index is 2.07. The lowest BCUT2D eigenvalue weighted by Gasteiger charge is -2.23. The molecule has 7 nitrogen and oxygen atoms in total. The molecule has 0 bridgehead atoms. The third-order valence-corrected chi connectivity index (χ3v) is 3.19. The lowest BCUT2D eigenvalue weighted by Crippen LogP contribution is -2.31. The Bertz CT molecular complexity index is 647. The Labute approximate surface area is 121 Å². The number of pyridine rings is 1. The van der Waals surface area contributed by atoms with Crippen LogP contribution < -0.4 is 5.32 Å². The summed E-state index contributed by atoms with van der Waals surface area (Å²) >= 11 is 0. The second-order valence-electron chi connectivity index (χ2n) is 5.11. The molecule has 0 unspecified atom stereocenters. The molecule has 2 heterocycles. The van der Waals surface area contributed by atoms with Gasteiger partial charge in [-0.05, 0) is 32.9 Å². The van der Waals surface area contributed by atoms with Crippen LogP contribution in [-0.2, 0) is 5.60 Å². The number of furan rings is 1. The second-order valence-corrected chi connectivity index (χ2v) is 5.11.